The number of amides is 2. The highest BCUT2D eigenvalue weighted by Gasteiger charge is 2.53. The van der Waals surface area contributed by atoms with E-state index in [1.165, 1.54) is 4.90 Å². The number of allylic oxidation sites excluding steroid dienone is 4. The number of hydrogen-bond donors (Lipinski definition) is 0. The van der Waals surface area contributed by atoms with E-state index in [1.54, 1.807) is 25.3 Å². The van der Waals surface area contributed by atoms with Crippen molar-refractivity contribution in [1.29, 1.82) is 0 Å². The second-order valence-corrected chi connectivity index (χ2v) is 8.97. The van der Waals surface area contributed by atoms with Gasteiger partial charge in [-0.15, -0.1) is 10.2 Å². The molecule has 2 bridgehead atoms. The van der Waals surface area contributed by atoms with Crippen molar-refractivity contribution in [2.45, 2.75) is 45.6 Å². The monoisotopic (exact) mass is 433 g/mol. The smallest absolute Gasteiger partial charge is 0.264 e. The molecule has 7 nitrogen and oxygen atoms in total. The van der Waals surface area contributed by atoms with E-state index in [0.29, 0.717) is 29.9 Å². The van der Waals surface area contributed by atoms with Gasteiger partial charge in [-0.1, -0.05) is 32.1 Å². The number of hydrogen-bond acceptors (Lipinski definition) is 6. The fraction of sp³-hybridized carbons (Fsp3) is 0.480. The summed E-state index contributed by atoms with van der Waals surface area (Å²) in [7, 11) is 1.57. The molecular formula is C25H27N3O4. The number of ether oxygens (including phenoxy) is 1. The van der Waals surface area contributed by atoms with Crippen LogP contribution in [0.2, 0.25) is 0 Å². The van der Waals surface area contributed by atoms with Crippen LogP contribution in [0.1, 0.15) is 60.2 Å². The van der Waals surface area contributed by atoms with Gasteiger partial charge in [-0.3, -0.25) is 19.3 Å². The van der Waals surface area contributed by atoms with Gasteiger partial charge in [-0.2, -0.15) is 0 Å². The van der Waals surface area contributed by atoms with E-state index in [2.05, 4.69) is 22.4 Å². The van der Waals surface area contributed by atoms with Gasteiger partial charge in [0, 0.05) is 17.9 Å². The van der Waals surface area contributed by atoms with Crippen molar-refractivity contribution in [3.05, 3.63) is 52.9 Å². The van der Waals surface area contributed by atoms with Crippen molar-refractivity contribution in [1.82, 2.24) is 4.90 Å². The second-order valence-electron chi connectivity index (χ2n) is 8.97. The number of nitrogens with zero attached hydrogens (tertiary/aromatic N) is 3. The molecule has 1 aromatic carbocycles. The first-order valence-corrected chi connectivity index (χ1v) is 11.4. The number of imide groups is 1. The summed E-state index contributed by atoms with van der Waals surface area (Å²) in [6, 6.07) is 4.85. The van der Waals surface area contributed by atoms with Crippen molar-refractivity contribution >= 4 is 23.3 Å². The Bertz CT molecular complexity index is 1100. The third-order valence-electron chi connectivity index (χ3n) is 7.53. The van der Waals surface area contributed by atoms with Crippen LogP contribution in [0.15, 0.2) is 52.0 Å². The molecular weight excluding hydrogens is 406 g/mol. The molecule has 1 aliphatic heterocycles. The van der Waals surface area contributed by atoms with Crippen LogP contribution in [-0.2, 0) is 9.53 Å². The molecule has 1 fully saturated rings. The minimum Gasteiger partial charge on any atom is -0.498 e. The van der Waals surface area contributed by atoms with Gasteiger partial charge in [0.1, 0.15) is 5.76 Å². The minimum atomic E-state index is -0.345. The van der Waals surface area contributed by atoms with Crippen LogP contribution in [0.4, 0.5) is 5.69 Å². The summed E-state index contributed by atoms with van der Waals surface area (Å²) in [5.74, 6) is 0.285. The van der Waals surface area contributed by atoms with E-state index in [-0.39, 0.29) is 58.6 Å². The molecule has 32 heavy (non-hydrogen) atoms. The average molecular weight is 434 g/mol. The highest BCUT2D eigenvalue weighted by atomic mass is 16.5. The second kappa shape index (κ2) is 7.80. The van der Waals surface area contributed by atoms with Crippen molar-refractivity contribution in [3.8, 4) is 0 Å². The Morgan fingerprint density at radius 3 is 2.31 bits per heavy atom. The minimum absolute atomic E-state index is 0.0141. The van der Waals surface area contributed by atoms with Crippen molar-refractivity contribution in [2.24, 2.45) is 33.9 Å². The van der Waals surface area contributed by atoms with E-state index >= 15 is 0 Å². The molecule has 0 aromatic heterocycles. The lowest BCUT2D eigenvalue weighted by Crippen LogP contribution is -2.39. The largest absolute Gasteiger partial charge is 0.498 e. The summed E-state index contributed by atoms with van der Waals surface area (Å²) in [6.07, 6.45) is 7.78. The van der Waals surface area contributed by atoms with Crippen LogP contribution in [0.25, 0.3) is 0 Å². The van der Waals surface area contributed by atoms with Crippen LogP contribution in [0.3, 0.4) is 0 Å². The molecule has 166 valence electrons. The van der Waals surface area contributed by atoms with Gasteiger partial charge in [0.25, 0.3) is 11.8 Å². The third-order valence-corrected chi connectivity index (χ3v) is 7.53. The lowest BCUT2D eigenvalue weighted by atomic mass is 9.63. The molecule has 1 heterocycles. The maximum atomic E-state index is 13.2. The zero-order valence-electron chi connectivity index (χ0n) is 18.6. The molecule has 1 aromatic rings. The summed E-state index contributed by atoms with van der Waals surface area (Å²) in [5.41, 5.74) is 1.15. The van der Waals surface area contributed by atoms with Gasteiger partial charge in [0.15, 0.2) is 11.5 Å². The summed E-state index contributed by atoms with van der Waals surface area (Å²) in [5, 5.41) is 8.63. The average Bonchev–Trinajstić information content (AvgIpc) is 3.27. The van der Waals surface area contributed by atoms with Crippen LogP contribution in [-0.4, -0.2) is 35.6 Å². The Kier molecular flexibility index (Phi) is 5.07. The molecule has 0 saturated heterocycles. The summed E-state index contributed by atoms with van der Waals surface area (Å²) in [6.45, 7) is 3.93. The molecule has 4 unspecified atom stereocenters. The molecule has 0 radical (unpaired) electrons. The quantitative estimate of drug-likeness (QED) is 0.365. The van der Waals surface area contributed by atoms with Gasteiger partial charge in [0.2, 0.25) is 0 Å². The van der Waals surface area contributed by atoms with Crippen molar-refractivity contribution in [3.63, 3.8) is 0 Å². The number of azo groups is 1. The Morgan fingerprint density at radius 1 is 1.00 bits per heavy atom. The number of benzene rings is 1. The summed E-state index contributed by atoms with van der Waals surface area (Å²) < 4.78 is 5.66. The van der Waals surface area contributed by atoms with Gasteiger partial charge in [-0.05, 0) is 49.7 Å². The topological polar surface area (TPSA) is 88.4 Å². The maximum absolute atomic E-state index is 13.2. The van der Waals surface area contributed by atoms with E-state index in [1.807, 2.05) is 13.8 Å². The molecule has 6 rings (SSSR count). The molecule has 4 atom stereocenters. The number of Topliss-reactive ketones (excluding diaryl/α,β-unsaturated/α-hetero) is 1. The summed E-state index contributed by atoms with van der Waals surface area (Å²) >= 11 is 0. The Hall–Kier alpha value is -3.09. The van der Waals surface area contributed by atoms with Crippen molar-refractivity contribution in [2.75, 3.05) is 7.11 Å². The zero-order chi connectivity index (χ0) is 22.6. The molecule has 0 spiro atoms. The number of carbonyl (C=O) groups is 3. The number of carbonyl (C=O) groups excluding carboxylic acids is 3. The number of methoxy groups -OCH3 is 1. The number of ketones is 1. The van der Waals surface area contributed by atoms with Crippen molar-refractivity contribution < 1.29 is 19.1 Å². The Morgan fingerprint density at radius 2 is 1.69 bits per heavy atom. The SMILES string of the molecule is CCC(CC)N1C(=O)c2cccc(N=NC3=C(OC)C4C5C=CC(CC5)C4C3=O)c2C1=O. The standard InChI is InChI=1S/C25H27N3O4/c1-4-15(5-2)28-24(30)16-7-6-8-17(20(16)25(28)31)26-27-21-22(29)18-13-9-11-14(12-10-13)19(18)23(21)32-3/h6-9,11,13-15,18-19H,4-5,10,12H2,1-3H3. The van der Waals surface area contributed by atoms with E-state index < -0.39 is 0 Å². The number of fused-ring (bicyclic) bond motifs is 2. The highest BCUT2D eigenvalue weighted by molar-refractivity contribution is 6.23. The predicted molar refractivity (Wildman–Crippen MR) is 117 cm³/mol. The first-order valence-electron chi connectivity index (χ1n) is 11.4. The highest BCUT2D eigenvalue weighted by Crippen LogP contribution is 2.53. The normalized spacial score (nSPS) is 28.5. The molecule has 1 saturated carbocycles. The predicted octanol–water partition coefficient (Wildman–Crippen LogP) is 4.82. The van der Waals surface area contributed by atoms with Crippen LogP contribution < -0.4 is 0 Å². The van der Waals surface area contributed by atoms with Gasteiger partial charge < -0.3 is 4.74 Å². The number of rotatable bonds is 6. The fourth-order valence-corrected chi connectivity index (χ4v) is 5.94. The van der Waals surface area contributed by atoms with Gasteiger partial charge in [-0.25, -0.2) is 0 Å². The fourth-order valence-electron chi connectivity index (χ4n) is 5.94. The molecule has 2 amide bonds. The zero-order valence-corrected chi connectivity index (χ0v) is 18.6. The summed E-state index contributed by atoms with van der Waals surface area (Å²) in [4.78, 5) is 40.7. The lowest BCUT2D eigenvalue weighted by molar-refractivity contribution is -0.122. The van der Waals surface area contributed by atoms with Crippen LogP contribution in [0, 0.1) is 23.7 Å². The van der Waals surface area contributed by atoms with Crippen LogP contribution in [0.5, 0.6) is 0 Å². The van der Waals surface area contributed by atoms with Gasteiger partial charge >= 0.3 is 0 Å². The molecule has 5 aliphatic rings. The van der Waals surface area contributed by atoms with Crippen LogP contribution >= 0.6 is 0 Å². The molecule has 0 N–H and O–H groups in total. The van der Waals surface area contributed by atoms with E-state index in [9.17, 15) is 14.4 Å². The Balaban J connectivity index is 1.51. The van der Waals surface area contributed by atoms with E-state index in [4.69, 9.17) is 4.74 Å². The Labute approximate surface area is 187 Å². The first-order chi connectivity index (χ1) is 15.5. The van der Waals surface area contributed by atoms with E-state index in [0.717, 1.165) is 12.8 Å². The van der Waals surface area contributed by atoms with Gasteiger partial charge in [0.05, 0.1) is 23.9 Å². The molecule has 4 aliphatic carbocycles. The first kappa shape index (κ1) is 20.8. The molecule has 7 heteroatoms. The lowest BCUT2D eigenvalue weighted by Gasteiger charge is -2.40. The maximum Gasteiger partial charge on any atom is 0.264 e. The third kappa shape index (κ3) is 2.83.